The van der Waals surface area contributed by atoms with Gasteiger partial charge in [0.25, 0.3) is 5.91 Å². The van der Waals surface area contributed by atoms with Crippen molar-refractivity contribution in [2.45, 2.75) is 45.1 Å². The predicted molar refractivity (Wildman–Crippen MR) is 80.9 cm³/mol. The zero-order valence-electron chi connectivity index (χ0n) is 12.3. The van der Waals surface area contributed by atoms with Crippen LogP contribution in [0.25, 0.3) is 0 Å². The molecular weight excluding hydrogens is 252 g/mol. The molecule has 0 radical (unpaired) electrons. The minimum absolute atomic E-state index is 0.0678. The third-order valence-electron chi connectivity index (χ3n) is 4.23. The van der Waals surface area contributed by atoms with Crippen LogP contribution in [0.4, 0.5) is 5.69 Å². The van der Waals surface area contributed by atoms with Crippen LogP contribution in [0.1, 0.15) is 49.4 Å². The summed E-state index contributed by atoms with van der Waals surface area (Å²) in [5.41, 5.74) is 6.86. The Morgan fingerprint density at radius 3 is 2.65 bits per heavy atom. The summed E-state index contributed by atoms with van der Waals surface area (Å²) in [5.74, 6) is 1.29. The Bertz CT molecular complexity index is 466. The van der Waals surface area contributed by atoms with Crippen molar-refractivity contribution in [2.24, 2.45) is 5.92 Å². The number of carbonyl (C=O) groups is 1. The highest BCUT2D eigenvalue weighted by Crippen LogP contribution is 2.27. The third-order valence-corrected chi connectivity index (χ3v) is 4.23. The molecule has 0 saturated heterocycles. The molecule has 1 aliphatic carbocycles. The Labute approximate surface area is 120 Å². The second-order valence-corrected chi connectivity index (χ2v) is 5.56. The van der Waals surface area contributed by atoms with Gasteiger partial charge in [-0.25, -0.2) is 0 Å². The Hall–Kier alpha value is -1.71. The van der Waals surface area contributed by atoms with Crippen LogP contribution >= 0.6 is 0 Å². The Kier molecular flexibility index (Phi) is 4.88. The van der Waals surface area contributed by atoms with E-state index in [4.69, 9.17) is 10.5 Å². The molecule has 1 saturated carbocycles. The van der Waals surface area contributed by atoms with Gasteiger partial charge >= 0.3 is 0 Å². The van der Waals surface area contributed by atoms with E-state index in [-0.39, 0.29) is 11.9 Å². The summed E-state index contributed by atoms with van der Waals surface area (Å²) in [6.07, 6.45) is 5.80. The lowest BCUT2D eigenvalue weighted by Gasteiger charge is -2.28. The molecule has 1 aromatic rings. The van der Waals surface area contributed by atoms with Crippen molar-refractivity contribution in [3.63, 3.8) is 0 Å². The molecular formula is C16H24N2O2. The van der Waals surface area contributed by atoms with E-state index in [9.17, 15) is 4.79 Å². The van der Waals surface area contributed by atoms with Crippen molar-refractivity contribution in [2.75, 3.05) is 12.8 Å². The number of carbonyl (C=O) groups excluding carboxylic acids is 1. The number of benzene rings is 1. The van der Waals surface area contributed by atoms with Crippen LogP contribution in [0.5, 0.6) is 5.75 Å². The van der Waals surface area contributed by atoms with Crippen LogP contribution in [0.15, 0.2) is 18.2 Å². The maximum atomic E-state index is 12.3. The zero-order chi connectivity index (χ0) is 14.5. The first-order valence-electron chi connectivity index (χ1n) is 7.38. The molecule has 0 unspecified atom stereocenters. The number of nitrogens with two attached hydrogens (primary N) is 1. The van der Waals surface area contributed by atoms with Crippen molar-refractivity contribution in [1.29, 1.82) is 0 Å². The molecule has 0 spiro atoms. The van der Waals surface area contributed by atoms with Crippen LogP contribution in [-0.2, 0) is 0 Å². The van der Waals surface area contributed by atoms with Crippen molar-refractivity contribution in [3.8, 4) is 5.75 Å². The lowest BCUT2D eigenvalue weighted by Crippen LogP contribution is -2.37. The van der Waals surface area contributed by atoms with Gasteiger partial charge < -0.3 is 15.8 Å². The fourth-order valence-corrected chi connectivity index (χ4v) is 2.87. The van der Waals surface area contributed by atoms with Gasteiger partial charge in [-0.15, -0.1) is 0 Å². The molecule has 1 aliphatic rings. The maximum absolute atomic E-state index is 12.3. The molecule has 1 amide bonds. The summed E-state index contributed by atoms with van der Waals surface area (Å²) in [7, 11) is 1.55. The van der Waals surface area contributed by atoms with E-state index in [1.54, 1.807) is 25.3 Å². The molecule has 1 fully saturated rings. The number of hydrogen-bond donors (Lipinski definition) is 2. The Balaban J connectivity index is 1.98. The van der Waals surface area contributed by atoms with Crippen LogP contribution in [0.3, 0.4) is 0 Å². The van der Waals surface area contributed by atoms with Gasteiger partial charge in [-0.1, -0.05) is 13.3 Å². The standard InChI is InChI=1S/C16H24N2O2/c1-3-11-4-7-13(8-5-11)18-16(19)14-9-6-12(17)10-15(14)20-2/h6,9-11,13H,3-5,7-8,17H2,1-2H3,(H,18,19). The highest BCUT2D eigenvalue weighted by molar-refractivity contribution is 5.97. The number of nitrogen functional groups attached to an aromatic ring is 1. The van der Waals surface area contributed by atoms with Crippen molar-refractivity contribution >= 4 is 11.6 Å². The molecule has 0 atom stereocenters. The second kappa shape index (κ2) is 6.64. The quantitative estimate of drug-likeness (QED) is 0.831. The first-order chi connectivity index (χ1) is 9.63. The van der Waals surface area contributed by atoms with E-state index in [0.29, 0.717) is 17.0 Å². The van der Waals surface area contributed by atoms with Gasteiger partial charge in [0.2, 0.25) is 0 Å². The molecule has 110 valence electrons. The van der Waals surface area contributed by atoms with Crippen LogP contribution in [-0.4, -0.2) is 19.1 Å². The van der Waals surface area contributed by atoms with E-state index in [0.717, 1.165) is 18.8 Å². The van der Waals surface area contributed by atoms with Gasteiger partial charge in [-0.05, 0) is 43.7 Å². The normalized spacial score (nSPS) is 22.3. The third kappa shape index (κ3) is 3.44. The van der Waals surface area contributed by atoms with Gasteiger partial charge in [0.15, 0.2) is 0 Å². The van der Waals surface area contributed by atoms with Crippen molar-refractivity contribution < 1.29 is 9.53 Å². The molecule has 3 N–H and O–H groups in total. The van der Waals surface area contributed by atoms with E-state index in [1.807, 2.05) is 0 Å². The van der Waals surface area contributed by atoms with Crippen LogP contribution in [0, 0.1) is 5.92 Å². The number of amides is 1. The number of anilines is 1. The molecule has 0 aliphatic heterocycles. The molecule has 4 nitrogen and oxygen atoms in total. The SMILES string of the molecule is CCC1CCC(NC(=O)c2ccc(N)cc2OC)CC1. The van der Waals surface area contributed by atoms with Gasteiger partial charge in [0, 0.05) is 17.8 Å². The number of hydrogen-bond acceptors (Lipinski definition) is 3. The predicted octanol–water partition coefficient (Wildman–Crippen LogP) is 2.98. The molecule has 1 aromatic carbocycles. The summed E-state index contributed by atoms with van der Waals surface area (Å²) in [6.45, 7) is 2.24. The zero-order valence-corrected chi connectivity index (χ0v) is 12.3. The maximum Gasteiger partial charge on any atom is 0.255 e. The van der Waals surface area contributed by atoms with E-state index < -0.39 is 0 Å². The summed E-state index contributed by atoms with van der Waals surface area (Å²) < 4.78 is 5.23. The minimum Gasteiger partial charge on any atom is -0.496 e. The Morgan fingerprint density at radius 2 is 2.05 bits per heavy atom. The molecule has 0 heterocycles. The monoisotopic (exact) mass is 276 g/mol. The first-order valence-corrected chi connectivity index (χ1v) is 7.38. The summed E-state index contributed by atoms with van der Waals surface area (Å²) >= 11 is 0. The lowest BCUT2D eigenvalue weighted by molar-refractivity contribution is 0.0918. The lowest BCUT2D eigenvalue weighted by atomic mass is 9.84. The number of rotatable bonds is 4. The van der Waals surface area contributed by atoms with Crippen molar-refractivity contribution in [1.82, 2.24) is 5.32 Å². The number of nitrogens with one attached hydrogen (secondary N) is 1. The van der Waals surface area contributed by atoms with Gasteiger partial charge in [-0.3, -0.25) is 4.79 Å². The fourth-order valence-electron chi connectivity index (χ4n) is 2.87. The molecule has 20 heavy (non-hydrogen) atoms. The van der Waals surface area contributed by atoms with Crippen LogP contribution < -0.4 is 15.8 Å². The smallest absolute Gasteiger partial charge is 0.255 e. The van der Waals surface area contributed by atoms with E-state index >= 15 is 0 Å². The molecule has 0 aromatic heterocycles. The topological polar surface area (TPSA) is 64.4 Å². The Morgan fingerprint density at radius 1 is 1.35 bits per heavy atom. The summed E-state index contributed by atoms with van der Waals surface area (Å²) in [4.78, 5) is 12.3. The minimum atomic E-state index is -0.0678. The summed E-state index contributed by atoms with van der Waals surface area (Å²) in [5, 5.41) is 3.11. The van der Waals surface area contributed by atoms with Crippen LogP contribution in [0.2, 0.25) is 0 Å². The second-order valence-electron chi connectivity index (χ2n) is 5.56. The van der Waals surface area contributed by atoms with Gasteiger partial charge in [0.1, 0.15) is 5.75 Å². The van der Waals surface area contributed by atoms with Crippen molar-refractivity contribution in [3.05, 3.63) is 23.8 Å². The fraction of sp³-hybridized carbons (Fsp3) is 0.562. The average molecular weight is 276 g/mol. The first kappa shape index (κ1) is 14.7. The van der Waals surface area contributed by atoms with Gasteiger partial charge in [-0.2, -0.15) is 0 Å². The summed E-state index contributed by atoms with van der Waals surface area (Å²) in [6, 6.07) is 5.42. The van der Waals surface area contributed by atoms with E-state index in [1.165, 1.54) is 19.3 Å². The highest BCUT2D eigenvalue weighted by atomic mass is 16.5. The molecule has 2 rings (SSSR count). The number of ether oxygens (including phenoxy) is 1. The largest absolute Gasteiger partial charge is 0.496 e. The van der Waals surface area contributed by atoms with E-state index in [2.05, 4.69) is 12.2 Å². The molecule has 0 bridgehead atoms. The number of methoxy groups -OCH3 is 1. The average Bonchev–Trinajstić information content (AvgIpc) is 2.47. The molecule has 4 heteroatoms. The van der Waals surface area contributed by atoms with Gasteiger partial charge in [0.05, 0.1) is 12.7 Å². The highest BCUT2D eigenvalue weighted by Gasteiger charge is 2.22.